The van der Waals surface area contributed by atoms with Crippen LogP contribution in [-0.2, 0) is 14.4 Å². The Morgan fingerprint density at radius 3 is 2.04 bits per heavy atom. The van der Waals surface area contributed by atoms with E-state index in [2.05, 4.69) is 10.6 Å². The van der Waals surface area contributed by atoms with E-state index in [4.69, 9.17) is 5.11 Å². The second-order valence-electron chi connectivity index (χ2n) is 5.66. The zero-order valence-corrected chi connectivity index (χ0v) is 15.8. The number of carboxylic acid groups (broad SMARTS) is 1. The van der Waals surface area contributed by atoms with Gasteiger partial charge in [-0.2, -0.15) is 0 Å². The number of rotatable bonds is 8. The molecule has 2 aromatic carbocycles. The molecule has 0 bridgehead atoms. The molecule has 0 aliphatic carbocycles. The molecule has 0 unspecified atom stereocenters. The first kappa shape index (κ1) is 20.9. The van der Waals surface area contributed by atoms with Gasteiger partial charge >= 0.3 is 5.97 Å². The van der Waals surface area contributed by atoms with Gasteiger partial charge in [0.05, 0.1) is 5.75 Å². The normalized spacial score (nSPS) is 10.5. The SMILES string of the molecule is CC(=O)c1ccc(NC(=O)CSc2ccc(NC(=O)/C=C/C(=O)O)cc2)cc1. The molecule has 144 valence electrons. The lowest BCUT2D eigenvalue weighted by molar-refractivity contribution is -0.131. The van der Waals surface area contributed by atoms with E-state index in [0.29, 0.717) is 16.9 Å². The first-order chi connectivity index (χ1) is 13.3. The lowest BCUT2D eigenvalue weighted by atomic mass is 10.1. The van der Waals surface area contributed by atoms with Crippen molar-refractivity contribution in [3.63, 3.8) is 0 Å². The number of hydrogen-bond acceptors (Lipinski definition) is 5. The van der Waals surface area contributed by atoms with Crippen LogP contribution >= 0.6 is 11.8 Å². The lowest BCUT2D eigenvalue weighted by Crippen LogP contribution is -2.14. The highest BCUT2D eigenvalue weighted by Gasteiger charge is 2.06. The summed E-state index contributed by atoms with van der Waals surface area (Å²) in [7, 11) is 0. The number of anilines is 2. The fourth-order valence-electron chi connectivity index (χ4n) is 2.10. The Morgan fingerprint density at radius 1 is 0.893 bits per heavy atom. The fourth-order valence-corrected chi connectivity index (χ4v) is 2.80. The number of amides is 2. The summed E-state index contributed by atoms with van der Waals surface area (Å²) >= 11 is 1.33. The van der Waals surface area contributed by atoms with Crippen molar-refractivity contribution in [2.45, 2.75) is 11.8 Å². The monoisotopic (exact) mass is 398 g/mol. The Bertz CT molecular complexity index is 905. The van der Waals surface area contributed by atoms with Crippen molar-refractivity contribution in [1.82, 2.24) is 0 Å². The Balaban J connectivity index is 1.82. The third kappa shape index (κ3) is 7.08. The first-order valence-electron chi connectivity index (χ1n) is 8.19. The Labute approximate surface area is 165 Å². The van der Waals surface area contributed by atoms with E-state index in [-0.39, 0.29) is 17.4 Å². The van der Waals surface area contributed by atoms with Gasteiger partial charge in [-0.25, -0.2) is 4.79 Å². The summed E-state index contributed by atoms with van der Waals surface area (Å²) in [6.45, 7) is 1.48. The average molecular weight is 398 g/mol. The second-order valence-corrected chi connectivity index (χ2v) is 6.70. The molecule has 0 heterocycles. The number of benzene rings is 2. The molecule has 0 aliphatic heterocycles. The van der Waals surface area contributed by atoms with Crippen LogP contribution in [0.4, 0.5) is 11.4 Å². The van der Waals surface area contributed by atoms with Gasteiger partial charge in [-0.15, -0.1) is 11.8 Å². The van der Waals surface area contributed by atoms with Crippen LogP contribution in [0.2, 0.25) is 0 Å². The van der Waals surface area contributed by atoms with Crippen LogP contribution in [0.1, 0.15) is 17.3 Å². The predicted molar refractivity (Wildman–Crippen MR) is 108 cm³/mol. The van der Waals surface area contributed by atoms with E-state index in [1.807, 2.05) is 0 Å². The number of Topliss-reactive ketones (excluding diaryl/α,β-unsaturated/α-hetero) is 1. The molecule has 2 rings (SSSR count). The van der Waals surface area contributed by atoms with Gasteiger partial charge in [-0.1, -0.05) is 0 Å². The first-order valence-corrected chi connectivity index (χ1v) is 9.18. The molecule has 3 N–H and O–H groups in total. The van der Waals surface area contributed by atoms with Crippen molar-refractivity contribution in [2.75, 3.05) is 16.4 Å². The maximum atomic E-state index is 12.0. The highest BCUT2D eigenvalue weighted by atomic mass is 32.2. The minimum Gasteiger partial charge on any atom is -0.478 e. The quantitative estimate of drug-likeness (QED) is 0.358. The van der Waals surface area contributed by atoms with Gasteiger partial charge in [-0.05, 0) is 55.5 Å². The third-order valence-corrected chi connectivity index (χ3v) is 4.46. The molecule has 2 aromatic rings. The standard InChI is InChI=1S/C20H18N2O5S/c1-13(23)14-2-4-15(5-3-14)22-19(25)12-28-17-8-6-16(7-9-17)21-18(24)10-11-20(26)27/h2-11H,12H2,1H3,(H,21,24)(H,22,25)(H,26,27)/b11-10+. The molecular weight excluding hydrogens is 380 g/mol. The molecule has 0 aromatic heterocycles. The van der Waals surface area contributed by atoms with Crippen molar-refractivity contribution < 1.29 is 24.3 Å². The molecule has 0 saturated carbocycles. The number of carbonyl (C=O) groups excluding carboxylic acids is 3. The Morgan fingerprint density at radius 2 is 1.46 bits per heavy atom. The summed E-state index contributed by atoms with van der Waals surface area (Å²) in [5, 5.41) is 13.8. The Kier molecular flexibility index (Phi) is 7.53. The number of hydrogen-bond donors (Lipinski definition) is 3. The minimum absolute atomic E-state index is 0.0361. The van der Waals surface area contributed by atoms with Gasteiger partial charge in [0.25, 0.3) is 0 Å². The largest absolute Gasteiger partial charge is 0.478 e. The van der Waals surface area contributed by atoms with Crippen LogP contribution in [-0.4, -0.2) is 34.4 Å². The topological polar surface area (TPSA) is 113 Å². The number of ketones is 1. The molecular formula is C20H18N2O5S. The molecule has 2 amide bonds. The number of aliphatic carboxylic acids is 1. The molecule has 0 radical (unpaired) electrons. The minimum atomic E-state index is -1.20. The van der Waals surface area contributed by atoms with Gasteiger partial charge in [0, 0.05) is 34.0 Å². The van der Waals surface area contributed by atoms with E-state index in [1.165, 1.54) is 18.7 Å². The summed E-state index contributed by atoms with van der Waals surface area (Å²) in [6, 6.07) is 13.5. The van der Waals surface area contributed by atoms with Crippen molar-refractivity contribution in [3.05, 3.63) is 66.2 Å². The zero-order valence-electron chi connectivity index (χ0n) is 15.0. The van der Waals surface area contributed by atoms with Crippen LogP contribution < -0.4 is 10.6 Å². The maximum Gasteiger partial charge on any atom is 0.328 e. The highest BCUT2D eigenvalue weighted by Crippen LogP contribution is 2.21. The molecule has 28 heavy (non-hydrogen) atoms. The van der Waals surface area contributed by atoms with E-state index >= 15 is 0 Å². The number of nitrogens with one attached hydrogen (secondary N) is 2. The summed E-state index contributed by atoms with van der Waals surface area (Å²) < 4.78 is 0. The van der Waals surface area contributed by atoms with Crippen LogP contribution in [0.15, 0.2) is 65.6 Å². The molecule has 0 saturated heterocycles. The molecule has 0 spiro atoms. The van der Waals surface area contributed by atoms with Crippen molar-refractivity contribution in [2.24, 2.45) is 0 Å². The molecule has 0 aliphatic rings. The van der Waals surface area contributed by atoms with Gasteiger partial charge in [0.2, 0.25) is 11.8 Å². The molecule has 8 heteroatoms. The van der Waals surface area contributed by atoms with Gasteiger partial charge < -0.3 is 15.7 Å². The zero-order chi connectivity index (χ0) is 20.5. The van der Waals surface area contributed by atoms with Crippen molar-refractivity contribution in [1.29, 1.82) is 0 Å². The fraction of sp³-hybridized carbons (Fsp3) is 0.100. The van der Waals surface area contributed by atoms with E-state index in [0.717, 1.165) is 17.0 Å². The number of thioether (sulfide) groups is 1. The maximum absolute atomic E-state index is 12.0. The van der Waals surface area contributed by atoms with E-state index in [9.17, 15) is 19.2 Å². The lowest BCUT2D eigenvalue weighted by Gasteiger charge is -2.07. The summed E-state index contributed by atoms with van der Waals surface area (Å²) in [5.74, 6) is -1.77. The van der Waals surface area contributed by atoms with Crippen LogP contribution in [0, 0.1) is 0 Å². The summed E-state index contributed by atoms with van der Waals surface area (Å²) in [4.78, 5) is 46.0. The molecule has 7 nitrogen and oxygen atoms in total. The van der Waals surface area contributed by atoms with Crippen LogP contribution in [0.3, 0.4) is 0 Å². The Hall–Kier alpha value is -3.39. The summed E-state index contributed by atoms with van der Waals surface area (Å²) in [5.41, 5.74) is 1.71. The van der Waals surface area contributed by atoms with E-state index in [1.54, 1.807) is 48.5 Å². The van der Waals surface area contributed by atoms with Crippen molar-refractivity contribution in [3.8, 4) is 0 Å². The van der Waals surface area contributed by atoms with Crippen LogP contribution in [0.25, 0.3) is 0 Å². The average Bonchev–Trinajstić information content (AvgIpc) is 2.66. The molecule has 0 fully saturated rings. The van der Waals surface area contributed by atoms with Gasteiger partial charge in [0.15, 0.2) is 5.78 Å². The number of carbonyl (C=O) groups is 4. The highest BCUT2D eigenvalue weighted by molar-refractivity contribution is 8.00. The predicted octanol–water partition coefficient (Wildman–Crippen LogP) is 3.20. The summed E-state index contributed by atoms with van der Waals surface area (Å²) in [6.07, 6.45) is 1.68. The van der Waals surface area contributed by atoms with E-state index < -0.39 is 11.9 Å². The second kappa shape index (κ2) is 10.1. The molecule has 0 atom stereocenters. The van der Waals surface area contributed by atoms with Crippen LogP contribution in [0.5, 0.6) is 0 Å². The van der Waals surface area contributed by atoms with Crippen molar-refractivity contribution >= 4 is 46.7 Å². The third-order valence-electron chi connectivity index (χ3n) is 3.44. The smallest absolute Gasteiger partial charge is 0.328 e. The van der Waals surface area contributed by atoms with Gasteiger partial charge in [-0.3, -0.25) is 14.4 Å². The number of carboxylic acids is 1. The van der Waals surface area contributed by atoms with Gasteiger partial charge in [0.1, 0.15) is 0 Å².